The Balaban J connectivity index is 1.44. The zero-order valence-corrected chi connectivity index (χ0v) is 16.6. The first-order chi connectivity index (χ1) is 13.0. The predicted molar refractivity (Wildman–Crippen MR) is 107 cm³/mol. The molecule has 0 atom stereocenters. The van der Waals surface area contributed by atoms with E-state index >= 15 is 0 Å². The van der Waals surface area contributed by atoms with Crippen LogP contribution in [-0.2, 0) is 13.5 Å². The van der Waals surface area contributed by atoms with Gasteiger partial charge >= 0.3 is 0 Å². The third-order valence-corrected chi connectivity index (χ3v) is 7.20. The van der Waals surface area contributed by atoms with E-state index in [0.717, 1.165) is 62.1 Å². The third kappa shape index (κ3) is 3.23. The van der Waals surface area contributed by atoms with Gasteiger partial charge in [-0.2, -0.15) is 5.10 Å². The molecular formula is C20H27ClN6. The number of aryl methyl sites for hydroxylation is 1. The average Bonchev–Trinajstić information content (AvgIpc) is 3.41. The van der Waals surface area contributed by atoms with Crippen LogP contribution in [0.15, 0.2) is 12.4 Å². The summed E-state index contributed by atoms with van der Waals surface area (Å²) in [5.74, 6) is 1.44. The van der Waals surface area contributed by atoms with Gasteiger partial charge in [0, 0.05) is 29.4 Å². The molecule has 6 rings (SSSR count). The van der Waals surface area contributed by atoms with Gasteiger partial charge in [-0.3, -0.25) is 4.68 Å². The molecule has 0 amide bonds. The highest BCUT2D eigenvalue weighted by atomic mass is 35.5. The standard InChI is InChI=1S/C20H27ClN6/c1-27-16(10-13-2-3-13)14(11-24-27)17-15(21)12-23-18(25-17)26-20-7-4-19(22,5-8-20)6-9-20/h11-13H,2-10,22H2,1H3,(H,23,25,26). The Morgan fingerprint density at radius 2 is 1.89 bits per heavy atom. The Bertz CT molecular complexity index is 847. The molecule has 27 heavy (non-hydrogen) atoms. The van der Waals surface area contributed by atoms with Gasteiger partial charge in [0.05, 0.1) is 23.1 Å². The van der Waals surface area contributed by atoms with E-state index in [-0.39, 0.29) is 11.1 Å². The van der Waals surface area contributed by atoms with Crippen LogP contribution >= 0.6 is 11.6 Å². The smallest absolute Gasteiger partial charge is 0.223 e. The molecule has 3 N–H and O–H groups in total. The minimum Gasteiger partial charge on any atom is -0.349 e. The number of nitrogens with two attached hydrogens (primary N) is 1. The van der Waals surface area contributed by atoms with Gasteiger partial charge in [-0.25, -0.2) is 9.97 Å². The Morgan fingerprint density at radius 1 is 1.19 bits per heavy atom. The zero-order valence-electron chi connectivity index (χ0n) is 15.8. The van der Waals surface area contributed by atoms with Crippen molar-refractivity contribution in [2.75, 3.05) is 5.32 Å². The Kier molecular flexibility index (Phi) is 3.99. The minimum absolute atomic E-state index is 0.0584. The molecule has 2 bridgehead atoms. The van der Waals surface area contributed by atoms with Crippen LogP contribution in [0.3, 0.4) is 0 Å². The van der Waals surface area contributed by atoms with Gasteiger partial charge in [0.1, 0.15) is 0 Å². The van der Waals surface area contributed by atoms with E-state index in [1.165, 1.54) is 18.5 Å². The molecule has 0 unspecified atom stereocenters. The van der Waals surface area contributed by atoms with Crippen molar-refractivity contribution >= 4 is 17.5 Å². The van der Waals surface area contributed by atoms with Crippen LogP contribution in [0, 0.1) is 5.92 Å². The second kappa shape index (κ2) is 6.17. The largest absolute Gasteiger partial charge is 0.349 e. The Hall–Kier alpha value is -1.66. The lowest BCUT2D eigenvalue weighted by molar-refractivity contribution is 0.126. The molecule has 7 heteroatoms. The molecule has 2 heterocycles. The van der Waals surface area contributed by atoms with Crippen molar-refractivity contribution in [3.63, 3.8) is 0 Å². The van der Waals surface area contributed by atoms with Gasteiger partial charge in [0.25, 0.3) is 0 Å². The maximum absolute atomic E-state index is 6.50. The maximum Gasteiger partial charge on any atom is 0.223 e. The fraction of sp³-hybridized carbons (Fsp3) is 0.650. The van der Waals surface area contributed by atoms with E-state index in [0.29, 0.717) is 11.0 Å². The lowest BCUT2D eigenvalue weighted by atomic mass is 9.62. The summed E-state index contributed by atoms with van der Waals surface area (Å²) in [4.78, 5) is 9.31. The molecule has 6 nitrogen and oxygen atoms in total. The van der Waals surface area contributed by atoms with Gasteiger partial charge < -0.3 is 11.1 Å². The zero-order chi connectivity index (χ0) is 18.6. The number of halogens is 1. The fourth-order valence-corrected chi connectivity index (χ4v) is 4.95. The highest BCUT2D eigenvalue weighted by molar-refractivity contribution is 6.32. The Labute approximate surface area is 164 Å². The van der Waals surface area contributed by atoms with Gasteiger partial charge in [-0.15, -0.1) is 0 Å². The van der Waals surface area contributed by atoms with Crippen molar-refractivity contribution in [1.29, 1.82) is 0 Å². The van der Waals surface area contributed by atoms with Gasteiger partial charge in [-0.05, 0) is 63.7 Å². The first-order valence-corrected chi connectivity index (χ1v) is 10.4. The number of hydrogen-bond acceptors (Lipinski definition) is 5. The summed E-state index contributed by atoms with van der Waals surface area (Å²) in [6.45, 7) is 0. The SMILES string of the molecule is Cn1ncc(-c2nc(NC34CCC(N)(CC3)CC4)ncc2Cl)c1CC1CC1. The second-order valence-electron chi connectivity index (χ2n) is 8.93. The summed E-state index contributed by atoms with van der Waals surface area (Å²) in [6.07, 6.45) is 13.8. The van der Waals surface area contributed by atoms with Gasteiger partial charge in [0.2, 0.25) is 5.95 Å². The molecule has 0 radical (unpaired) electrons. The molecule has 0 aliphatic heterocycles. The summed E-state index contributed by atoms with van der Waals surface area (Å²) < 4.78 is 1.96. The number of nitrogens with zero attached hydrogens (tertiary/aromatic N) is 4. The fourth-order valence-electron chi connectivity index (χ4n) is 4.75. The molecule has 0 spiro atoms. The van der Waals surface area contributed by atoms with Crippen LogP contribution < -0.4 is 11.1 Å². The van der Waals surface area contributed by atoms with Crippen molar-refractivity contribution in [1.82, 2.24) is 19.7 Å². The van der Waals surface area contributed by atoms with E-state index in [4.69, 9.17) is 22.3 Å². The van der Waals surface area contributed by atoms with E-state index in [2.05, 4.69) is 15.4 Å². The number of aromatic nitrogens is 4. The number of nitrogens with one attached hydrogen (secondary N) is 1. The molecule has 0 aromatic carbocycles. The van der Waals surface area contributed by atoms with Crippen molar-refractivity contribution in [3.05, 3.63) is 23.1 Å². The van der Waals surface area contributed by atoms with Crippen molar-refractivity contribution in [2.24, 2.45) is 18.7 Å². The predicted octanol–water partition coefficient (Wildman–Crippen LogP) is 3.70. The molecular weight excluding hydrogens is 360 g/mol. The number of fused-ring (bicyclic) bond motifs is 3. The maximum atomic E-state index is 6.50. The van der Waals surface area contributed by atoms with E-state index < -0.39 is 0 Å². The van der Waals surface area contributed by atoms with Crippen LogP contribution in [-0.4, -0.2) is 30.8 Å². The highest BCUT2D eigenvalue weighted by Crippen LogP contribution is 2.47. The quantitative estimate of drug-likeness (QED) is 0.818. The monoisotopic (exact) mass is 386 g/mol. The number of hydrogen-bond donors (Lipinski definition) is 2. The Morgan fingerprint density at radius 3 is 2.56 bits per heavy atom. The first-order valence-electron chi connectivity index (χ1n) is 10.1. The summed E-state index contributed by atoms with van der Waals surface area (Å²) >= 11 is 6.50. The molecule has 4 saturated carbocycles. The molecule has 2 aromatic heterocycles. The first kappa shape index (κ1) is 17.4. The van der Waals surface area contributed by atoms with Crippen molar-refractivity contribution in [3.8, 4) is 11.3 Å². The number of rotatable bonds is 5. The van der Waals surface area contributed by atoms with Crippen LogP contribution in [0.1, 0.15) is 57.1 Å². The lowest BCUT2D eigenvalue weighted by Crippen LogP contribution is -2.58. The van der Waals surface area contributed by atoms with E-state index in [1.54, 1.807) is 6.20 Å². The lowest BCUT2D eigenvalue weighted by Gasteiger charge is -2.52. The summed E-state index contributed by atoms with van der Waals surface area (Å²) in [5, 5.41) is 8.70. The van der Waals surface area contributed by atoms with Crippen molar-refractivity contribution < 1.29 is 0 Å². The number of anilines is 1. The van der Waals surface area contributed by atoms with E-state index in [9.17, 15) is 0 Å². The minimum atomic E-state index is 0.0584. The van der Waals surface area contributed by atoms with Crippen molar-refractivity contribution in [2.45, 2.75) is 68.9 Å². The molecule has 0 saturated heterocycles. The molecule has 4 aliphatic carbocycles. The molecule has 4 aliphatic rings. The topological polar surface area (TPSA) is 81.7 Å². The second-order valence-corrected chi connectivity index (χ2v) is 9.34. The van der Waals surface area contributed by atoms with Crippen LogP contribution in [0.5, 0.6) is 0 Å². The summed E-state index contributed by atoms with van der Waals surface area (Å²) in [6, 6.07) is 0. The molecule has 4 fully saturated rings. The molecule has 2 aromatic rings. The van der Waals surface area contributed by atoms with E-state index in [1.807, 2.05) is 17.9 Å². The third-order valence-electron chi connectivity index (χ3n) is 6.92. The summed E-state index contributed by atoms with van der Waals surface area (Å²) in [7, 11) is 2.00. The van der Waals surface area contributed by atoms with Gasteiger partial charge in [-0.1, -0.05) is 11.6 Å². The average molecular weight is 387 g/mol. The van der Waals surface area contributed by atoms with Gasteiger partial charge in [0.15, 0.2) is 0 Å². The molecule has 144 valence electrons. The summed E-state index contributed by atoms with van der Waals surface area (Å²) in [5.41, 5.74) is 9.62. The normalized spacial score (nSPS) is 29.9. The van der Waals surface area contributed by atoms with Crippen LogP contribution in [0.25, 0.3) is 11.3 Å². The van der Waals surface area contributed by atoms with Crippen LogP contribution in [0.4, 0.5) is 5.95 Å². The highest BCUT2D eigenvalue weighted by Gasteiger charge is 2.47. The van der Waals surface area contributed by atoms with Crippen LogP contribution in [0.2, 0.25) is 5.02 Å².